The van der Waals surface area contributed by atoms with Crippen LogP contribution >= 0.6 is 23.2 Å². The van der Waals surface area contributed by atoms with Gasteiger partial charge in [-0.05, 0) is 48.9 Å². The fourth-order valence-corrected chi connectivity index (χ4v) is 2.73. The van der Waals surface area contributed by atoms with E-state index in [-0.39, 0.29) is 11.7 Å². The molecule has 0 aliphatic carbocycles. The van der Waals surface area contributed by atoms with Crippen molar-refractivity contribution in [3.8, 4) is 0 Å². The van der Waals surface area contributed by atoms with E-state index >= 15 is 0 Å². The van der Waals surface area contributed by atoms with E-state index in [9.17, 15) is 4.39 Å². The summed E-state index contributed by atoms with van der Waals surface area (Å²) in [7, 11) is 0. The van der Waals surface area contributed by atoms with Gasteiger partial charge >= 0.3 is 0 Å². The van der Waals surface area contributed by atoms with Gasteiger partial charge in [0, 0.05) is 10.9 Å². The summed E-state index contributed by atoms with van der Waals surface area (Å²) in [6.45, 7) is 2.07. The molecule has 0 radical (unpaired) electrons. The van der Waals surface area contributed by atoms with Gasteiger partial charge in [-0.1, -0.05) is 47.5 Å². The lowest BCUT2D eigenvalue weighted by molar-refractivity contribution is 0.546. The molecule has 0 aliphatic heterocycles. The predicted molar refractivity (Wildman–Crippen MR) is 84.2 cm³/mol. The van der Waals surface area contributed by atoms with E-state index in [0.29, 0.717) is 22.9 Å². The van der Waals surface area contributed by atoms with E-state index in [2.05, 4.69) is 25.1 Å². The molecular weight excluding hydrogens is 294 g/mol. The van der Waals surface area contributed by atoms with Gasteiger partial charge in [0.15, 0.2) is 0 Å². The van der Waals surface area contributed by atoms with E-state index < -0.39 is 0 Å². The van der Waals surface area contributed by atoms with E-state index in [1.807, 2.05) is 6.07 Å². The van der Waals surface area contributed by atoms with Crippen molar-refractivity contribution in [1.29, 1.82) is 0 Å². The van der Waals surface area contributed by atoms with Crippen LogP contribution in [0, 0.1) is 18.7 Å². The maximum atomic E-state index is 13.8. The summed E-state index contributed by atoms with van der Waals surface area (Å²) < 4.78 is 13.8. The van der Waals surface area contributed by atoms with Crippen LogP contribution in [0.25, 0.3) is 0 Å². The Morgan fingerprint density at radius 1 is 1.10 bits per heavy atom. The van der Waals surface area contributed by atoms with Crippen LogP contribution in [0.3, 0.4) is 0 Å². The summed E-state index contributed by atoms with van der Waals surface area (Å²) in [5, 5.41) is 0.423. The molecule has 0 amide bonds. The number of benzene rings is 2. The Bertz CT molecular complexity index is 581. The third-order valence-electron chi connectivity index (χ3n) is 3.35. The van der Waals surface area contributed by atoms with Crippen molar-refractivity contribution in [1.82, 2.24) is 0 Å². The lowest BCUT2D eigenvalue weighted by atomic mass is 9.93. The van der Waals surface area contributed by atoms with E-state index in [1.54, 1.807) is 12.1 Å². The van der Waals surface area contributed by atoms with Crippen molar-refractivity contribution in [2.24, 2.45) is 5.92 Å². The number of alkyl halides is 1. The van der Waals surface area contributed by atoms with E-state index in [1.165, 1.54) is 17.2 Å². The number of hydrogen-bond donors (Lipinski definition) is 0. The fourth-order valence-electron chi connectivity index (χ4n) is 2.35. The van der Waals surface area contributed by atoms with Gasteiger partial charge in [0.05, 0.1) is 0 Å². The SMILES string of the molecule is Cc1cccc(CC(CCl)Cc2ccc(Cl)cc2F)c1. The van der Waals surface area contributed by atoms with E-state index in [4.69, 9.17) is 23.2 Å². The minimum absolute atomic E-state index is 0.217. The first kappa shape index (κ1) is 15.3. The average Bonchev–Trinajstić information content (AvgIpc) is 2.41. The molecule has 106 valence electrons. The summed E-state index contributed by atoms with van der Waals surface area (Å²) >= 11 is 11.8. The topological polar surface area (TPSA) is 0 Å². The highest BCUT2D eigenvalue weighted by Gasteiger charge is 2.13. The highest BCUT2D eigenvalue weighted by Crippen LogP contribution is 2.21. The molecule has 1 unspecified atom stereocenters. The third kappa shape index (κ3) is 4.22. The first-order valence-electron chi connectivity index (χ1n) is 6.64. The van der Waals surface area contributed by atoms with Crippen molar-refractivity contribution in [3.63, 3.8) is 0 Å². The van der Waals surface area contributed by atoms with Crippen LogP contribution in [0.1, 0.15) is 16.7 Å². The van der Waals surface area contributed by atoms with Crippen LogP contribution in [0.4, 0.5) is 4.39 Å². The molecule has 0 bridgehead atoms. The minimum Gasteiger partial charge on any atom is -0.207 e. The van der Waals surface area contributed by atoms with Crippen LogP contribution < -0.4 is 0 Å². The van der Waals surface area contributed by atoms with Crippen molar-refractivity contribution in [3.05, 3.63) is 70.0 Å². The standard InChI is InChI=1S/C17H17Cl2F/c1-12-3-2-4-13(7-12)8-14(11-18)9-15-5-6-16(19)10-17(15)20/h2-7,10,14H,8-9,11H2,1H3. The Morgan fingerprint density at radius 3 is 2.55 bits per heavy atom. The zero-order chi connectivity index (χ0) is 14.5. The van der Waals surface area contributed by atoms with Crippen LogP contribution in [0.15, 0.2) is 42.5 Å². The molecule has 0 fully saturated rings. The maximum Gasteiger partial charge on any atom is 0.127 e. The van der Waals surface area contributed by atoms with Crippen LogP contribution in [-0.4, -0.2) is 5.88 Å². The monoisotopic (exact) mass is 310 g/mol. The van der Waals surface area contributed by atoms with E-state index in [0.717, 1.165) is 6.42 Å². The highest BCUT2D eigenvalue weighted by atomic mass is 35.5. The Hall–Kier alpha value is -1.05. The molecule has 0 saturated carbocycles. The average molecular weight is 311 g/mol. The second-order valence-corrected chi connectivity index (χ2v) is 5.90. The Labute approximate surface area is 129 Å². The molecule has 2 aromatic carbocycles. The maximum absolute atomic E-state index is 13.8. The molecule has 0 aliphatic rings. The minimum atomic E-state index is -0.253. The second kappa shape index (κ2) is 7.10. The summed E-state index contributed by atoms with van der Waals surface area (Å²) in [4.78, 5) is 0. The van der Waals surface area contributed by atoms with Gasteiger partial charge < -0.3 is 0 Å². The zero-order valence-electron chi connectivity index (χ0n) is 11.4. The molecule has 1 atom stereocenters. The first-order chi connectivity index (χ1) is 9.58. The Morgan fingerprint density at radius 2 is 1.90 bits per heavy atom. The summed E-state index contributed by atoms with van der Waals surface area (Å²) in [5.74, 6) is 0.474. The summed E-state index contributed by atoms with van der Waals surface area (Å²) in [6, 6.07) is 13.2. The van der Waals surface area contributed by atoms with Gasteiger partial charge in [0.25, 0.3) is 0 Å². The molecule has 2 aromatic rings. The van der Waals surface area contributed by atoms with Gasteiger partial charge in [-0.3, -0.25) is 0 Å². The van der Waals surface area contributed by atoms with Crippen molar-refractivity contribution in [2.45, 2.75) is 19.8 Å². The van der Waals surface area contributed by atoms with Crippen molar-refractivity contribution >= 4 is 23.2 Å². The van der Waals surface area contributed by atoms with Crippen LogP contribution in [0.2, 0.25) is 5.02 Å². The normalized spacial score (nSPS) is 12.4. The molecule has 3 heteroatoms. The highest BCUT2D eigenvalue weighted by molar-refractivity contribution is 6.30. The second-order valence-electron chi connectivity index (χ2n) is 5.15. The molecule has 0 heterocycles. The van der Waals surface area contributed by atoms with Gasteiger partial charge in [-0.25, -0.2) is 4.39 Å². The number of halogens is 3. The number of hydrogen-bond acceptors (Lipinski definition) is 0. The van der Waals surface area contributed by atoms with Crippen LogP contribution in [0.5, 0.6) is 0 Å². The number of aryl methyl sites for hydroxylation is 1. The molecule has 0 saturated heterocycles. The lowest BCUT2D eigenvalue weighted by Crippen LogP contribution is -2.11. The molecule has 2 rings (SSSR count). The van der Waals surface area contributed by atoms with Crippen molar-refractivity contribution in [2.75, 3.05) is 5.88 Å². The third-order valence-corrected chi connectivity index (χ3v) is 4.02. The predicted octanol–water partition coefficient (Wildman–Crippen LogP) is 5.43. The smallest absolute Gasteiger partial charge is 0.127 e. The molecular formula is C17H17Cl2F. The van der Waals surface area contributed by atoms with Gasteiger partial charge in [-0.15, -0.1) is 11.6 Å². The molecule has 0 nitrogen and oxygen atoms in total. The summed E-state index contributed by atoms with van der Waals surface area (Å²) in [5.41, 5.74) is 3.14. The quantitative estimate of drug-likeness (QED) is 0.646. The molecule has 0 N–H and O–H groups in total. The zero-order valence-corrected chi connectivity index (χ0v) is 12.9. The molecule has 20 heavy (non-hydrogen) atoms. The lowest BCUT2D eigenvalue weighted by Gasteiger charge is -2.15. The van der Waals surface area contributed by atoms with Gasteiger partial charge in [0.1, 0.15) is 5.82 Å². The number of rotatable bonds is 5. The van der Waals surface area contributed by atoms with Gasteiger partial charge in [-0.2, -0.15) is 0 Å². The van der Waals surface area contributed by atoms with Crippen LogP contribution in [-0.2, 0) is 12.8 Å². The first-order valence-corrected chi connectivity index (χ1v) is 7.55. The van der Waals surface area contributed by atoms with Crippen molar-refractivity contribution < 1.29 is 4.39 Å². The molecule has 0 spiro atoms. The summed E-state index contributed by atoms with van der Waals surface area (Å²) in [6.07, 6.45) is 1.48. The fraction of sp³-hybridized carbons (Fsp3) is 0.294. The largest absolute Gasteiger partial charge is 0.207 e. The van der Waals surface area contributed by atoms with Gasteiger partial charge in [0.2, 0.25) is 0 Å². The molecule has 0 aromatic heterocycles. The Balaban J connectivity index is 2.09. The Kier molecular flexibility index (Phi) is 5.45.